The first-order chi connectivity index (χ1) is 11.6. The molecule has 0 bridgehead atoms. The second kappa shape index (κ2) is 7.10. The number of hydrogen-bond acceptors (Lipinski definition) is 4. The number of nitro benzene ring substituents is 1. The number of hydrogen-bond donors (Lipinski definition) is 0. The highest BCUT2D eigenvalue weighted by Crippen LogP contribution is 2.21. The molecule has 0 spiro atoms. The number of furan rings is 1. The summed E-state index contributed by atoms with van der Waals surface area (Å²) in [6.45, 7) is 1.56. The highest BCUT2D eigenvalue weighted by Gasteiger charge is 2.06. The molecule has 3 rings (SSSR count). The fourth-order valence-corrected chi connectivity index (χ4v) is 2.61. The van der Waals surface area contributed by atoms with Crippen molar-refractivity contribution in [2.24, 2.45) is 0 Å². The molecule has 24 heavy (non-hydrogen) atoms. The van der Waals surface area contributed by atoms with Crippen molar-refractivity contribution in [2.75, 3.05) is 13.6 Å². The van der Waals surface area contributed by atoms with Crippen molar-refractivity contribution in [2.45, 2.75) is 6.54 Å². The van der Waals surface area contributed by atoms with E-state index in [1.165, 1.54) is 12.1 Å². The van der Waals surface area contributed by atoms with Gasteiger partial charge in [-0.25, -0.2) is 0 Å². The van der Waals surface area contributed by atoms with Gasteiger partial charge in [0.25, 0.3) is 5.69 Å². The second-order valence-electron chi connectivity index (χ2n) is 5.70. The zero-order valence-electron chi connectivity index (χ0n) is 13.4. The molecule has 2 aromatic carbocycles. The van der Waals surface area contributed by atoms with Gasteiger partial charge < -0.3 is 4.42 Å². The van der Waals surface area contributed by atoms with E-state index in [4.69, 9.17) is 4.42 Å². The average Bonchev–Trinajstić information content (AvgIpc) is 3.05. The molecule has 0 fully saturated rings. The summed E-state index contributed by atoms with van der Waals surface area (Å²) in [6, 6.07) is 14.6. The summed E-state index contributed by atoms with van der Waals surface area (Å²) < 4.78 is 5.55. The minimum Gasteiger partial charge on any atom is -0.464 e. The van der Waals surface area contributed by atoms with E-state index < -0.39 is 4.92 Å². The van der Waals surface area contributed by atoms with E-state index in [1.54, 1.807) is 18.4 Å². The Labute approximate surface area is 140 Å². The maximum Gasteiger partial charge on any atom is 0.269 e. The molecule has 3 aromatic rings. The van der Waals surface area contributed by atoms with Crippen LogP contribution in [-0.4, -0.2) is 23.4 Å². The second-order valence-corrected chi connectivity index (χ2v) is 5.70. The van der Waals surface area contributed by atoms with Gasteiger partial charge in [0.2, 0.25) is 0 Å². The van der Waals surface area contributed by atoms with E-state index in [9.17, 15) is 10.1 Å². The Bertz CT molecular complexity index is 866. The Balaban J connectivity index is 1.60. The van der Waals surface area contributed by atoms with Gasteiger partial charge in [-0.15, -0.1) is 0 Å². The Morgan fingerprint density at radius 2 is 1.96 bits per heavy atom. The van der Waals surface area contributed by atoms with Crippen LogP contribution in [0.25, 0.3) is 17.0 Å². The van der Waals surface area contributed by atoms with Crippen LogP contribution < -0.4 is 0 Å². The van der Waals surface area contributed by atoms with Gasteiger partial charge in [0.05, 0.1) is 11.2 Å². The molecule has 0 amide bonds. The van der Waals surface area contributed by atoms with Gasteiger partial charge in [-0.1, -0.05) is 30.4 Å². The van der Waals surface area contributed by atoms with Crippen molar-refractivity contribution < 1.29 is 9.34 Å². The van der Waals surface area contributed by atoms with Gasteiger partial charge in [-0.2, -0.15) is 0 Å². The average molecular weight is 322 g/mol. The SMILES string of the molecule is CN(C/C=C/c1ccc([N+](=O)[O-])cc1)Cc1cccc2ccoc12. The lowest BCUT2D eigenvalue weighted by Crippen LogP contribution is -2.17. The molecule has 1 heterocycles. The fraction of sp³-hybridized carbons (Fsp3) is 0.158. The number of nitro groups is 1. The van der Waals surface area contributed by atoms with E-state index in [0.717, 1.165) is 35.2 Å². The van der Waals surface area contributed by atoms with Gasteiger partial charge in [0.15, 0.2) is 0 Å². The van der Waals surface area contributed by atoms with E-state index in [1.807, 2.05) is 37.4 Å². The lowest BCUT2D eigenvalue weighted by atomic mass is 10.1. The Morgan fingerprint density at radius 3 is 2.71 bits per heavy atom. The maximum atomic E-state index is 10.6. The lowest BCUT2D eigenvalue weighted by molar-refractivity contribution is -0.384. The number of para-hydroxylation sites is 1. The molecular weight excluding hydrogens is 304 g/mol. The minimum absolute atomic E-state index is 0.107. The predicted molar refractivity (Wildman–Crippen MR) is 94.7 cm³/mol. The van der Waals surface area contributed by atoms with Crippen molar-refractivity contribution in [3.05, 3.63) is 82.1 Å². The first-order valence-electron chi connectivity index (χ1n) is 7.68. The first kappa shape index (κ1) is 16.0. The van der Waals surface area contributed by atoms with Crippen LogP contribution in [0.3, 0.4) is 0 Å². The number of nitrogens with zero attached hydrogens (tertiary/aromatic N) is 2. The standard InChI is InChI=1S/C19H18N2O3/c1-20(14-17-6-2-5-16-11-13-24-19(16)17)12-3-4-15-7-9-18(10-8-15)21(22)23/h2-11,13H,12,14H2,1H3/b4-3+. The number of non-ortho nitro benzene ring substituents is 1. The monoisotopic (exact) mass is 322 g/mol. The van der Waals surface area contributed by atoms with Crippen molar-refractivity contribution in [3.8, 4) is 0 Å². The molecule has 0 radical (unpaired) electrons. The summed E-state index contributed by atoms with van der Waals surface area (Å²) in [6.07, 6.45) is 5.72. The molecule has 0 atom stereocenters. The third-order valence-corrected chi connectivity index (χ3v) is 3.83. The largest absolute Gasteiger partial charge is 0.464 e. The number of benzene rings is 2. The summed E-state index contributed by atoms with van der Waals surface area (Å²) >= 11 is 0. The lowest BCUT2D eigenvalue weighted by Gasteiger charge is -2.14. The van der Waals surface area contributed by atoms with E-state index in [2.05, 4.69) is 11.0 Å². The Kier molecular flexibility index (Phi) is 4.72. The zero-order chi connectivity index (χ0) is 16.9. The summed E-state index contributed by atoms with van der Waals surface area (Å²) in [4.78, 5) is 12.4. The molecule has 0 aliphatic carbocycles. The molecular formula is C19H18N2O3. The van der Waals surface area contributed by atoms with Crippen LogP contribution in [-0.2, 0) is 6.54 Å². The summed E-state index contributed by atoms with van der Waals surface area (Å²) in [5.41, 5.74) is 3.14. The van der Waals surface area contributed by atoms with E-state index in [0.29, 0.717) is 0 Å². The normalized spacial score (nSPS) is 11.6. The molecule has 0 aliphatic heterocycles. The van der Waals surface area contributed by atoms with Crippen molar-refractivity contribution >= 4 is 22.7 Å². The molecule has 0 N–H and O–H groups in total. The van der Waals surface area contributed by atoms with E-state index >= 15 is 0 Å². The van der Waals surface area contributed by atoms with Crippen LogP contribution >= 0.6 is 0 Å². The summed E-state index contributed by atoms with van der Waals surface area (Å²) in [7, 11) is 2.04. The number of fused-ring (bicyclic) bond motifs is 1. The van der Waals surface area contributed by atoms with Gasteiger partial charge in [-0.3, -0.25) is 15.0 Å². The summed E-state index contributed by atoms with van der Waals surface area (Å²) in [5, 5.41) is 11.7. The Morgan fingerprint density at radius 1 is 1.17 bits per heavy atom. The van der Waals surface area contributed by atoms with Crippen LogP contribution in [0.1, 0.15) is 11.1 Å². The topological polar surface area (TPSA) is 59.5 Å². The summed E-state index contributed by atoms with van der Waals surface area (Å²) in [5.74, 6) is 0. The van der Waals surface area contributed by atoms with Gasteiger partial charge >= 0.3 is 0 Å². The van der Waals surface area contributed by atoms with Crippen molar-refractivity contribution in [1.29, 1.82) is 0 Å². The molecule has 122 valence electrons. The number of likely N-dealkylation sites (N-methyl/N-ethyl adjacent to an activating group) is 1. The molecule has 0 saturated carbocycles. The third-order valence-electron chi connectivity index (χ3n) is 3.83. The zero-order valence-corrected chi connectivity index (χ0v) is 13.4. The van der Waals surface area contributed by atoms with Crippen molar-refractivity contribution in [1.82, 2.24) is 4.90 Å². The maximum absolute atomic E-state index is 10.6. The molecule has 0 aliphatic rings. The third kappa shape index (κ3) is 3.70. The van der Waals surface area contributed by atoms with Gasteiger partial charge in [0, 0.05) is 36.2 Å². The van der Waals surface area contributed by atoms with E-state index in [-0.39, 0.29) is 5.69 Å². The minimum atomic E-state index is -0.392. The molecule has 1 aromatic heterocycles. The van der Waals surface area contributed by atoms with Crippen LogP contribution in [0.15, 0.2) is 65.3 Å². The van der Waals surface area contributed by atoms with Crippen LogP contribution in [0, 0.1) is 10.1 Å². The highest BCUT2D eigenvalue weighted by atomic mass is 16.6. The smallest absolute Gasteiger partial charge is 0.269 e. The molecule has 5 nitrogen and oxygen atoms in total. The van der Waals surface area contributed by atoms with Gasteiger partial charge in [0.1, 0.15) is 5.58 Å². The molecule has 5 heteroatoms. The first-order valence-corrected chi connectivity index (χ1v) is 7.68. The highest BCUT2D eigenvalue weighted by molar-refractivity contribution is 5.80. The van der Waals surface area contributed by atoms with Crippen LogP contribution in [0.4, 0.5) is 5.69 Å². The predicted octanol–water partition coefficient (Wildman–Crippen LogP) is 4.49. The molecule has 0 saturated heterocycles. The van der Waals surface area contributed by atoms with Crippen molar-refractivity contribution in [3.63, 3.8) is 0 Å². The Hall–Kier alpha value is -2.92. The fourth-order valence-electron chi connectivity index (χ4n) is 2.61. The van der Waals surface area contributed by atoms with Crippen LogP contribution in [0.2, 0.25) is 0 Å². The quantitative estimate of drug-likeness (QED) is 0.496. The number of rotatable bonds is 6. The van der Waals surface area contributed by atoms with Crippen LogP contribution in [0.5, 0.6) is 0 Å². The van der Waals surface area contributed by atoms with Gasteiger partial charge in [-0.05, 0) is 30.8 Å². The molecule has 0 unspecified atom stereocenters.